The Bertz CT molecular complexity index is 368. The molecule has 0 atom stereocenters. The number of nitrogens with two attached hydrogens (primary N) is 2. The Morgan fingerprint density at radius 2 is 1.21 bits per heavy atom. The van der Waals surface area contributed by atoms with Crippen molar-refractivity contribution in [3.8, 4) is 0 Å². The number of amidine groups is 2. The third kappa shape index (κ3) is 4.33. The first-order valence-electron chi connectivity index (χ1n) is 5.19. The molecule has 0 fully saturated rings. The summed E-state index contributed by atoms with van der Waals surface area (Å²) >= 11 is 0. The highest BCUT2D eigenvalue weighted by Crippen LogP contribution is 2.31. The molecule has 10 nitrogen and oxygen atoms in total. The van der Waals surface area contributed by atoms with Crippen LogP contribution in [0.4, 0.5) is 0 Å². The van der Waals surface area contributed by atoms with Crippen molar-refractivity contribution in [2.24, 2.45) is 27.2 Å². The van der Waals surface area contributed by atoms with Gasteiger partial charge in [-0.05, 0) is 12.8 Å². The molecule has 0 aliphatic rings. The molecule has 0 spiro atoms. The zero-order valence-electron chi connectivity index (χ0n) is 9.98. The summed E-state index contributed by atoms with van der Waals surface area (Å²) in [6.45, 7) is 0. The summed E-state index contributed by atoms with van der Waals surface area (Å²) in [5.41, 5.74) is 8.23. The molecule has 0 aromatic rings. The smallest absolute Gasteiger partial charge is 0.321 e. The summed E-state index contributed by atoms with van der Waals surface area (Å²) in [4.78, 5) is 22.4. The van der Waals surface area contributed by atoms with E-state index >= 15 is 0 Å². The Balaban J connectivity index is 5.09. The van der Waals surface area contributed by atoms with Crippen molar-refractivity contribution in [3.63, 3.8) is 0 Å². The molecule has 0 aromatic carbocycles. The molecule has 0 unspecified atom stereocenters. The van der Waals surface area contributed by atoms with E-state index in [2.05, 4.69) is 10.3 Å². The predicted octanol–water partition coefficient (Wildman–Crippen LogP) is -0.805. The first kappa shape index (κ1) is 16.5. The molecule has 0 radical (unpaired) electrons. The number of rotatable bonds is 8. The fraction of sp³-hybridized carbons (Fsp3) is 0.556. The lowest BCUT2D eigenvalue weighted by atomic mass is 9.78. The lowest BCUT2D eigenvalue weighted by Gasteiger charge is -2.24. The van der Waals surface area contributed by atoms with Crippen LogP contribution in [0.1, 0.15) is 25.7 Å². The summed E-state index contributed by atoms with van der Waals surface area (Å²) in [6, 6.07) is 0. The third-order valence-electron chi connectivity index (χ3n) is 2.69. The maximum Gasteiger partial charge on any atom is 0.321 e. The van der Waals surface area contributed by atoms with Crippen LogP contribution in [0.5, 0.6) is 0 Å². The largest absolute Gasteiger partial charge is 0.480 e. The number of oxime groups is 2. The molecule has 0 amide bonds. The molecular formula is C9H16N4O6. The second-order valence-corrected chi connectivity index (χ2v) is 3.88. The summed E-state index contributed by atoms with van der Waals surface area (Å²) in [5, 5.41) is 40.2. The van der Waals surface area contributed by atoms with Gasteiger partial charge in [-0.3, -0.25) is 9.59 Å². The van der Waals surface area contributed by atoms with Gasteiger partial charge in [0, 0.05) is 12.8 Å². The summed E-state index contributed by atoms with van der Waals surface area (Å²) < 4.78 is 0. The van der Waals surface area contributed by atoms with E-state index in [9.17, 15) is 9.59 Å². The number of carboxylic acid groups (broad SMARTS) is 2. The second-order valence-electron chi connectivity index (χ2n) is 3.88. The van der Waals surface area contributed by atoms with Gasteiger partial charge in [0.25, 0.3) is 0 Å². The van der Waals surface area contributed by atoms with E-state index in [1.54, 1.807) is 0 Å². The van der Waals surface area contributed by atoms with Crippen LogP contribution in [-0.4, -0.2) is 44.2 Å². The minimum absolute atomic E-state index is 0.217. The Hall–Kier alpha value is -2.52. The highest BCUT2D eigenvalue weighted by Gasteiger charge is 2.46. The number of nitrogens with zero attached hydrogens (tertiary/aromatic N) is 2. The molecule has 0 aliphatic heterocycles. The van der Waals surface area contributed by atoms with E-state index in [4.69, 9.17) is 32.1 Å². The van der Waals surface area contributed by atoms with E-state index in [1.165, 1.54) is 0 Å². The minimum Gasteiger partial charge on any atom is -0.480 e. The third-order valence-corrected chi connectivity index (χ3v) is 2.69. The van der Waals surface area contributed by atoms with E-state index < -0.39 is 17.4 Å². The molecular weight excluding hydrogens is 260 g/mol. The van der Waals surface area contributed by atoms with Crippen molar-refractivity contribution in [3.05, 3.63) is 0 Å². The zero-order chi connectivity index (χ0) is 15.1. The van der Waals surface area contributed by atoms with Gasteiger partial charge in [0.2, 0.25) is 0 Å². The van der Waals surface area contributed by atoms with Crippen LogP contribution < -0.4 is 11.5 Å². The van der Waals surface area contributed by atoms with Gasteiger partial charge in [-0.2, -0.15) is 0 Å². The quantitative estimate of drug-likeness (QED) is 0.109. The number of carboxylic acids is 2. The van der Waals surface area contributed by atoms with Gasteiger partial charge >= 0.3 is 11.9 Å². The first-order chi connectivity index (χ1) is 8.80. The predicted molar refractivity (Wildman–Crippen MR) is 63.0 cm³/mol. The Morgan fingerprint density at radius 3 is 1.42 bits per heavy atom. The van der Waals surface area contributed by atoms with Crippen LogP contribution in [0.3, 0.4) is 0 Å². The number of aliphatic carboxylic acids is 2. The van der Waals surface area contributed by atoms with Gasteiger partial charge in [-0.15, -0.1) is 0 Å². The molecule has 0 aromatic heterocycles. The van der Waals surface area contributed by atoms with Crippen LogP contribution in [0.25, 0.3) is 0 Å². The number of hydrogen-bond acceptors (Lipinski definition) is 6. The molecule has 108 valence electrons. The monoisotopic (exact) mass is 276 g/mol. The van der Waals surface area contributed by atoms with Crippen LogP contribution in [-0.2, 0) is 9.59 Å². The van der Waals surface area contributed by atoms with Crippen molar-refractivity contribution < 1.29 is 30.2 Å². The first-order valence-corrected chi connectivity index (χ1v) is 5.19. The Labute approximate surface area is 108 Å². The summed E-state index contributed by atoms with van der Waals surface area (Å²) in [6.07, 6.45) is -1.20. The Morgan fingerprint density at radius 1 is 0.895 bits per heavy atom. The molecule has 0 saturated heterocycles. The van der Waals surface area contributed by atoms with Crippen LogP contribution in [0, 0.1) is 5.41 Å². The Kier molecular flexibility index (Phi) is 6.10. The number of carbonyl (C=O) groups is 2. The molecule has 8 N–H and O–H groups in total. The van der Waals surface area contributed by atoms with E-state index in [-0.39, 0.29) is 37.4 Å². The lowest BCUT2D eigenvalue weighted by Crippen LogP contribution is -2.41. The van der Waals surface area contributed by atoms with Crippen LogP contribution in [0.2, 0.25) is 0 Å². The minimum atomic E-state index is -2.15. The maximum atomic E-state index is 11.2. The fourth-order valence-corrected chi connectivity index (χ4v) is 1.43. The SMILES string of the molecule is NC(CCC(CCC(N)=NO)(C(=O)O)C(=O)O)=NO. The lowest BCUT2D eigenvalue weighted by molar-refractivity contribution is -0.165. The topological polar surface area (TPSA) is 192 Å². The van der Waals surface area contributed by atoms with E-state index in [0.29, 0.717) is 0 Å². The summed E-state index contributed by atoms with van der Waals surface area (Å²) in [5.74, 6) is -3.71. The molecule has 10 heteroatoms. The average Bonchev–Trinajstić information content (AvgIpc) is 2.37. The van der Waals surface area contributed by atoms with Gasteiger partial charge in [0.15, 0.2) is 5.41 Å². The van der Waals surface area contributed by atoms with Crippen molar-refractivity contribution in [1.82, 2.24) is 0 Å². The van der Waals surface area contributed by atoms with Crippen molar-refractivity contribution in [2.75, 3.05) is 0 Å². The standard InChI is InChI=1S/C9H16N4O6/c10-5(12-18)1-3-9(7(14)15,8(16)17)4-2-6(11)13-19/h18-19H,1-4H2,(H2,10,12)(H2,11,13)(H,14,15)(H,16,17). The van der Waals surface area contributed by atoms with Crippen LogP contribution in [0.15, 0.2) is 10.3 Å². The highest BCUT2D eigenvalue weighted by atomic mass is 16.4. The van der Waals surface area contributed by atoms with Crippen molar-refractivity contribution in [1.29, 1.82) is 0 Å². The average molecular weight is 276 g/mol. The van der Waals surface area contributed by atoms with Crippen LogP contribution >= 0.6 is 0 Å². The fourth-order valence-electron chi connectivity index (χ4n) is 1.43. The van der Waals surface area contributed by atoms with Crippen molar-refractivity contribution >= 4 is 23.6 Å². The van der Waals surface area contributed by atoms with Crippen molar-refractivity contribution in [2.45, 2.75) is 25.7 Å². The molecule has 19 heavy (non-hydrogen) atoms. The van der Waals surface area contributed by atoms with Gasteiger partial charge in [0.1, 0.15) is 11.7 Å². The molecule has 0 bridgehead atoms. The van der Waals surface area contributed by atoms with E-state index in [1.807, 2.05) is 0 Å². The summed E-state index contributed by atoms with van der Waals surface area (Å²) in [7, 11) is 0. The van der Waals surface area contributed by atoms with Gasteiger partial charge in [-0.25, -0.2) is 0 Å². The molecule has 0 rings (SSSR count). The highest BCUT2D eigenvalue weighted by molar-refractivity contribution is 5.99. The number of hydrogen-bond donors (Lipinski definition) is 6. The van der Waals surface area contributed by atoms with Gasteiger partial charge < -0.3 is 32.1 Å². The van der Waals surface area contributed by atoms with E-state index in [0.717, 1.165) is 0 Å². The molecule has 0 saturated carbocycles. The zero-order valence-corrected chi connectivity index (χ0v) is 9.98. The van der Waals surface area contributed by atoms with Gasteiger partial charge in [0.05, 0.1) is 0 Å². The van der Waals surface area contributed by atoms with Gasteiger partial charge in [-0.1, -0.05) is 10.3 Å². The second kappa shape index (κ2) is 7.03. The molecule has 0 heterocycles. The normalized spacial score (nSPS) is 13.3. The molecule has 0 aliphatic carbocycles. The maximum absolute atomic E-state index is 11.2.